The standard InChI is InChI=1S/C14H16N2O4/c17-13(18)12-11-6-10(8-16(11)14(19)20)15(12)7-9-4-2-1-3-5-9/h1-5,10-12H,6-8H2,(H,17,18)(H,19,20). The van der Waals surface area contributed by atoms with Crippen molar-refractivity contribution in [2.75, 3.05) is 6.54 Å². The highest BCUT2D eigenvalue weighted by atomic mass is 16.4. The van der Waals surface area contributed by atoms with Gasteiger partial charge in [0.25, 0.3) is 0 Å². The molecule has 2 heterocycles. The number of carboxylic acid groups (broad SMARTS) is 2. The van der Waals surface area contributed by atoms with Crippen LogP contribution in [0.2, 0.25) is 0 Å². The number of hydrogen-bond acceptors (Lipinski definition) is 3. The Kier molecular flexibility index (Phi) is 3.10. The highest BCUT2D eigenvalue weighted by molar-refractivity contribution is 5.77. The molecule has 2 fully saturated rings. The molecule has 0 spiro atoms. The summed E-state index contributed by atoms with van der Waals surface area (Å²) in [6.45, 7) is 0.947. The number of nitrogens with zero attached hydrogens (tertiary/aromatic N) is 2. The second-order valence-electron chi connectivity index (χ2n) is 5.33. The highest BCUT2D eigenvalue weighted by Crippen LogP contribution is 2.37. The Balaban J connectivity index is 1.82. The summed E-state index contributed by atoms with van der Waals surface area (Å²) in [4.78, 5) is 25.8. The lowest BCUT2D eigenvalue weighted by Gasteiger charge is -2.37. The molecule has 1 aromatic rings. The van der Waals surface area contributed by atoms with Crippen LogP contribution in [-0.4, -0.2) is 56.7 Å². The van der Waals surface area contributed by atoms with Crippen molar-refractivity contribution in [3.63, 3.8) is 0 Å². The molecular formula is C14H16N2O4. The molecule has 0 radical (unpaired) electrons. The van der Waals surface area contributed by atoms with E-state index in [-0.39, 0.29) is 6.04 Å². The molecule has 0 aromatic heterocycles. The van der Waals surface area contributed by atoms with Gasteiger partial charge >= 0.3 is 12.1 Å². The molecule has 2 saturated heterocycles. The molecule has 0 saturated carbocycles. The van der Waals surface area contributed by atoms with Crippen molar-refractivity contribution in [1.29, 1.82) is 0 Å². The fourth-order valence-corrected chi connectivity index (χ4v) is 3.38. The van der Waals surface area contributed by atoms with Crippen molar-refractivity contribution in [1.82, 2.24) is 9.80 Å². The number of aliphatic carboxylic acids is 1. The number of fused-ring (bicyclic) bond motifs is 2. The minimum atomic E-state index is -1.02. The lowest BCUT2D eigenvalue weighted by molar-refractivity contribution is -0.145. The van der Waals surface area contributed by atoms with E-state index in [0.717, 1.165) is 5.56 Å². The van der Waals surface area contributed by atoms with E-state index in [0.29, 0.717) is 19.5 Å². The number of carbonyl (C=O) groups is 2. The van der Waals surface area contributed by atoms with Crippen LogP contribution in [0.5, 0.6) is 0 Å². The average molecular weight is 276 g/mol. The quantitative estimate of drug-likeness (QED) is 0.863. The van der Waals surface area contributed by atoms with Gasteiger partial charge in [-0.25, -0.2) is 4.79 Å². The van der Waals surface area contributed by atoms with Crippen LogP contribution < -0.4 is 0 Å². The molecule has 1 aromatic carbocycles. The average Bonchev–Trinajstić information content (AvgIpc) is 2.97. The monoisotopic (exact) mass is 276 g/mol. The van der Waals surface area contributed by atoms with Gasteiger partial charge in [0, 0.05) is 19.1 Å². The van der Waals surface area contributed by atoms with E-state index in [1.54, 1.807) is 0 Å². The summed E-state index contributed by atoms with van der Waals surface area (Å²) in [5.41, 5.74) is 1.05. The maximum Gasteiger partial charge on any atom is 0.407 e. The van der Waals surface area contributed by atoms with Crippen LogP contribution >= 0.6 is 0 Å². The maximum absolute atomic E-state index is 11.5. The van der Waals surface area contributed by atoms with Crippen molar-refractivity contribution in [3.8, 4) is 0 Å². The van der Waals surface area contributed by atoms with Crippen LogP contribution in [0.1, 0.15) is 12.0 Å². The summed E-state index contributed by atoms with van der Waals surface area (Å²) in [5.74, 6) is -0.945. The first kappa shape index (κ1) is 12.9. The van der Waals surface area contributed by atoms with Gasteiger partial charge in [-0.2, -0.15) is 0 Å². The third-order valence-corrected chi connectivity index (χ3v) is 4.22. The zero-order valence-corrected chi connectivity index (χ0v) is 10.8. The Bertz CT molecular complexity index is 533. The van der Waals surface area contributed by atoms with Crippen molar-refractivity contribution in [3.05, 3.63) is 35.9 Å². The summed E-state index contributed by atoms with van der Waals surface area (Å²) in [7, 11) is 0. The molecule has 106 valence electrons. The summed E-state index contributed by atoms with van der Waals surface area (Å²) in [5, 5.41) is 18.5. The van der Waals surface area contributed by atoms with E-state index in [2.05, 4.69) is 0 Å². The van der Waals surface area contributed by atoms with Gasteiger partial charge in [-0.1, -0.05) is 30.3 Å². The lowest BCUT2D eigenvalue weighted by atomic mass is 10.1. The molecule has 20 heavy (non-hydrogen) atoms. The first-order valence-corrected chi connectivity index (χ1v) is 6.60. The molecule has 3 unspecified atom stereocenters. The van der Waals surface area contributed by atoms with Crippen molar-refractivity contribution >= 4 is 12.1 Å². The smallest absolute Gasteiger partial charge is 0.407 e. The molecule has 3 rings (SSSR count). The van der Waals surface area contributed by atoms with Crippen molar-refractivity contribution < 1.29 is 19.8 Å². The lowest BCUT2D eigenvalue weighted by Crippen LogP contribution is -2.57. The van der Waals surface area contributed by atoms with E-state index in [9.17, 15) is 14.7 Å². The van der Waals surface area contributed by atoms with Gasteiger partial charge in [0.2, 0.25) is 0 Å². The molecule has 2 aliphatic rings. The zero-order chi connectivity index (χ0) is 14.3. The molecular weight excluding hydrogens is 260 g/mol. The normalized spacial score (nSPS) is 28.8. The van der Waals surface area contributed by atoms with Crippen LogP contribution in [0.15, 0.2) is 30.3 Å². The van der Waals surface area contributed by atoms with E-state index < -0.39 is 24.1 Å². The van der Waals surface area contributed by atoms with E-state index in [1.165, 1.54) is 4.90 Å². The number of benzene rings is 1. The molecule has 2 N–H and O–H groups in total. The number of piperazine rings is 1. The minimum Gasteiger partial charge on any atom is -0.480 e. The fraction of sp³-hybridized carbons (Fsp3) is 0.429. The molecule has 0 aliphatic carbocycles. The molecule has 2 aliphatic heterocycles. The maximum atomic E-state index is 11.5. The van der Waals surface area contributed by atoms with Crippen LogP contribution in [0, 0.1) is 0 Å². The Morgan fingerprint density at radius 2 is 1.90 bits per heavy atom. The summed E-state index contributed by atoms with van der Waals surface area (Å²) < 4.78 is 0. The SMILES string of the molecule is O=C(O)C1C2CC(CN2C(=O)O)N1Cc1ccccc1. The molecule has 6 heteroatoms. The second kappa shape index (κ2) is 4.79. The Hall–Kier alpha value is -2.08. The predicted molar refractivity (Wildman–Crippen MR) is 70.3 cm³/mol. The predicted octanol–water partition coefficient (Wildman–Crippen LogP) is 1.08. The fourth-order valence-electron chi connectivity index (χ4n) is 3.38. The number of hydrogen-bond donors (Lipinski definition) is 2. The first-order valence-electron chi connectivity index (χ1n) is 6.60. The van der Waals surface area contributed by atoms with Crippen LogP contribution in [0.25, 0.3) is 0 Å². The molecule has 2 bridgehead atoms. The van der Waals surface area contributed by atoms with E-state index >= 15 is 0 Å². The largest absolute Gasteiger partial charge is 0.480 e. The van der Waals surface area contributed by atoms with Crippen LogP contribution in [-0.2, 0) is 11.3 Å². The van der Waals surface area contributed by atoms with Gasteiger partial charge in [-0.15, -0.1) is 0 Å². The number of rotatable bonds is 3. The molecule has 1 amide bonds. The van der Waals surface area contributed by atoms with Crippen LogP contribution in [0.3, 0.4) is 0 Å². The Labute approximate surface area is 116 Å². The van der Waals surface area contributed by atoms with E-state index in [1.807, 2.05) is 35.2 Å². The third-order valence-electron chi connectivity index (χ3n) is 4.22. The third kappa shape index (κ3) is 2.02. The van der Waals surface area contributed by atoms with Gasteiger partial charge in [0.15, 0.2) is 0 Å². The molecule has 6 nitrogen and oxygen atoms in total. The first-order chi connectivity index (χ1) is 9.58. The summed E-state index contributed by atoms with van der Waals surface area (Å²) in [6, 6.07) is 8.49. The van der Waals surface area contributed by atoms with Gasteiger partial charge in [-0.3, -0.25) is 9.69 Å². The van der Waals surface area contributed by atoms with Crippen LogP contribution in [0.4, 0.5) is 4.79 Å². The van der Waals surface area contributed by atoms with Gasteiger partial charge in [0.1, 0.15) is 6.04 Å². The highest BCUT2D eigenvalue weighted by Gasteiger charge is 2.54. The Morgan fingerprint density at radius 1 is 1.20 bits per heavy atom. The van der Waals surface area contributed by atoms with Crippen molar-refractivity contribution in [2.24, 2.45) is 0 Å². The molecule has 3 atom stereocenters. The summed E-state index contributed by atoms with van der Waals surface area (Å²) >= 11 is 0. The number of likely N-dealkylation sites (tertiary alicyclic amines) is 2. The number of carboxylic acids is 1. The van der Waals surface area contributed by atoms with E-state index in [4.69, 9.17) is 5.11 Å². The van der Waals surface area contributed by atoms with Gasteiger partial charge in [-0.05, 0) is 12.0 Å². The van der Waals surface area contributed by atoms with Gasteiger partial charge in [0.05, 0.1) is 6.04 Å². The van der Waals surface area contributed by atoms with Crippen molar-refractivity contribution in [2.45, 2.75) is 31.1 Å². The number of amides is 1. The summed E-state index contributed by atoms with van der Waals surface area (Å²) in [6.07, 6.45) is -0.418. The topological polar surface area (TPSA) is 81.1 Å². The second-order valence-corrected chi connectivity index (χ2v) is 5.33. The Morgan fingerprint density at radius 3 is 2.50 bits per heavy atom. The van der Waals surface area contributed by atoms with Gasteiger partial charge < -0.3 is 15.1 Å². The minimum absolute atomic E-state index is 0.00240. The zero-order valence-electron chi connectivity index (χ0n) is 10.8.